The number of hydrogen-bond donors (Lipinski definition) is 0. The van der Waals surface area contributed by atoms with Crippen LogP contribution in [-0.4, -0.2) is 6.61 Å². The van der Waals surface area contributed by atoms with Crippen molar-refractivity contribution in [1.29, 1.82) is 0 Å². The fourth-order valence-electron chi connectivity index (χ4n) is 2.93. The van der Waals surface area contributed by atoms with Gasteiger partial charge in [0.25, 0.3) is 0 Å². The van der Waals surface area contributed by atoms with Gasteiger partial charge in [0.2, 0.25) is 0 Å². The Balaban J connectivity index is 1.71. The normalized spacial score (nSPS) is 17.8. The quantitative estimate of drug-likeness (QED) is 0.781. The second-order valence-corrected chi connectivity index (χ2v) is 5.42. The lowest BCUT2D eigenvalue weighted by Crippen LogP contribution is -2.16. The summed E-state index contributed by atoms with van der Waals surface area (Å²) in [4.78, 5) is 0. The SMILES string of the molecule is Cc1cccc(OCC2CCCc3ccccc32)c1. The summed E-state index contributed by atoms with van der Waals surface area (Å²) in [6, 6.07) is 17.1. The van der Waals surface area contributed by atoms with Crippen LogP contribution in [0.1, 0.15) is 35.4 Å². The van der Waals surface area contributed by atoms with E-state index in [1.54, 1.807) is 0 Å². The number of benzene rings is 2. The van der Waals surface area contributed by atoms with Crippen LogP contribution in [0.4, 0.5) is 0 Å². The maximum atomic E-state index is 5.98. The first-order valence-corrected chi connectivity index (χ1v) is 7.10. The lowest BCUT2D eigenvalue weighted by molar-refractivity contribution is 0.274. The van der Waals surface area contributed by atoms with Gasteiger partial charge in [-0.25, -0.2) is 0 Å². The van der Waals surface area contributed by atoms with Crippen molar-refractivity contribution in [3.8, 4) is 5.75 Å². The van der Waals surface area contributed by atoms with Crippen molar-refractivity contribution in [3.05, 3.63) is 65.2 Å². The van der Waals surface area contributed by atoms with Crippen LogP contribution in [0, 0.1) is 6.92 Å². The fourth-order valence-corrected chi connectivity index (χ4v) is 2.93. The Morgan fingerprint density at radius 3 is 2.89 bits per heavy atom. The average molecular weight is 252 g/mol. The van der Waals surface area contributed by atoms with Gasteiger partial charge in [-0.3, -0.25) is 0 Å². The molecule has 19 heavy (non-hydrogen) atoms. The van der Waals surface area contributed by atoms with Gasteiger partial charge in [-0.05, 0) is 55.0 Å². The van der Waals surface area contributed by atoms with Crippen LogP contribution in [0.5, 0.6) is 5.75 Å². The monoisotopic (exact) mass is 252 g/mol. The molecule has 3 rings (SSSR count). The topological polar surface area (TPSA) is 9.23 Å². The molecular formula is C18H20O. The third-order valence-corrected chi connectivity index (χ3v) is 3.93. The zero-order chi connectivity index (χ0) is 13.1. The van der Waals surface area contributed by atoms with E-state index in [2.05, 4.69) is 49.4 Å². The first-order chi connectivity index (χ1) is 9.33. The van der Waals surface area contributed by atoms with Crippen LogP contribution >= 0.6 is 0 Å². The molecule has 2 aromatic carbocycles. The maximum Gasteiger partial charge on any atom is 0.119 e. The molecule has 0 N–H and O–H groups in total. The summed E-state index contributed by atoms with van der Waals surface area (Å²) in [6.45, 7) is 2.89. The minimum atomic E-state index is 0.547. The largest absolute Gasteiger partial charge is 0.493 e. The van der Waals surface area contributed by atoms with Gasteiger partial charge in [-0.2, -0.15) is 0 Å². The summed E-state index contributed by atoms with van der Waals surface area (Å²) in [5.74, 6) is 1.54. The van der Waals surface area contributed by atoms with E-state index in [0.29, 0.717) is 5.92 Å². The minimum Gasteiger partial charge on any atom is -0.493 e. The highest BCUT2D eigenvalue weighted by atomic mass is 16.5. The van der Waals surface area contributed by atoms with E-state index in [-0.39, 0.29) is 0 Å². The van der Waals surface area contributed by atoms with E-state index in [1.807, 2.05) is 6.07 Å². The summed E-state index contributed by atoms with van der Waals surface area (Å²) in [5, 5.41) is 0. The minimum absolute atomic E-state index is 0.547. The summed E-state index contributed by atoms with van der Waals surface area (Å²) < 4.78 is 5.98. The third-order valence-electron chi connectivity index (χ3n) is 3.93. The number of hydrogen-bond acceptors (Lipinski definition) is 1. The molecule has 1 aliphatic carbocycles. The van der Waals surface area contributed by atoms with Crippen molar-refractivity contribution in [3.63, 3.8) is 0 Å². The summed E-state index contributed by atoms with van der Waals surface area (Å²) in [5.41, 5.74) is 4.24. The maximum absolute atomic E-state index is 5.98. The fraction of sp³-hybridized carbons (Fsp3) is 0.333. The number of fused-ring (bicyclic) bond motifs is 1. The standard InChI is InChI=1S/C18H20O/c1-14-6-4-10-17(12-14)19-13-16-9-5-8-15-7-2-3-11-18(15)16/h2-4,6-7,10-12,16H,5,8-9,13H2,1H3. The van der Waals surface area contributed by atoms with Gasteiger partial charge in [-0.15, -0.1) is 0 Å². The molecule has 1 unspecified atom stereocenters. The summed E-state index contributed by atoms with van der Waals surface area (Å²) in [7, 11) is 0. The van der Waals surface area contributed by atoms with Gasteiger partial charge in [0.05, 0.1) is 6.61 Å². The second kappa shape index (κ2) is 5.48. The smallest absolute Gasteiger partial charge is 0.119 e. The molecule has 0 saturated carbocycles. The van der Waals surface area contributed by atoms with Crippen LogP contribution in [-0.2, 0) is 6.42 Å². The van der Waals surface area contributed by atoms with Gasteiger partial charge >= 0.3 is 0 Å². The molecule has 0 amide bonds. The van der Waals surface area contributed by atoms with Crippen molar-refractivity contribution < 1.29 is 4.74 Å². The van der Waals surface area contributed by atoms with Gasteiger partial charge in [0.15, 0.2) is 0 Å². The zero-order valence-corrected chi connectivity index (χ0v) is 11.4. The first kappa shape index (κ1) is 12.3. The molecule has 1 aliphatic rings. The molecule has 0 saturated heterocycles. The summed E-state index contributed by atoms with van der Waals surface area (Å²) >= 11 is 0. The predicted molar refractivity (Wildman–Crippen MR) is 78.8 cm³/mol. The first-order valence-electron chi connectivity index (χ1n) is 7.10. The van der Waals surface area contributed by atoms with E-state index < -0.39 is 0 Å². The molecule has 0 radical (unpaired) electrons. The molecular weight excluding hydrogens is 232 g/mol. The molecule has 0 bridgehead atoms. The number of aryl methyl sites for hydroxylation is 2. The Labute approximate surface area is 115 Å². The highest BCUT2D eigenvalue weighted by Gasteiger charge is 2.20. The molecule has 98 valence electrons. The van der Waals surface area contributed by atoms with E-state index >= 15 is 0 Å². The second-order valence-electron chi connectivity index (χ2n) is 5.42. The molecule has 1 nitrogen and oxygen atoms in total. The van der Waals surface area contributed by atoms with Crippen LogP contribution in [0.25, 0.3) is 0 Å². The van der Waals surface area contributed by atoms with Crippen LogP contribution in [0.2, 0.25) is 0 Å². The van der Waals surface area contributed by atoms with Crippen LogP contribution in [0.3, 0.4) is 0 Å². The van der Waals surface area contributed by atoms with E-state index in [9.17, 15) is 0 Å². The van der Waals surface area contributed by atoms with E-state index in [1.165, 1.54) is 36.0 Å². The Kier molecular flexibility index (Phi) is 3.54. The van der Waals surface area contributed by atoms with Crippen molar-refractivity contribution in [1.82, 2.24) is 0 Å². The molecule has 0 aromatic heterocycles. The van der Waals surface area contributed by atoms with Crippen molar-refractivity contribution in [2.45, 2.75) is 32.1 Å². The molecule has 2 aromatic rings. The lowest BCUT2D eigenvalue weighted by atomic mass is 9.83. The van der Waals surface area contributed by atoms with Gasteiger partial charge < -0.3 is 4.74 Å². The predicted octanol–water partition coefficient (Wildman–Crippen LogP) is 4.49. The van der Waals surface area contributed by atoms with Gasteiger partial charge in [0, 0.05) is 5.92 Å². The average Bonchev–Trinajstić information content (AvgIpc) is 2.45. The van der Waals surface area contributed by atoms with Crippen molar-refractivity contribution in [2.24, 2.45) is 0 Å². The number of ether oxygens (including phenoxy) is 1. The van der Waals surface area contributed by atoms with Crippen LogP contribution < -0.4 is 4.74 Å². The molecule has 1 heteroatoms. The molecule has 0 heterocycles. The zero-order valence-electron chi connectivity index (χ0n) is 11.4. The lowest BCUT2D eigenvalue weighted by Gasteiger charge is -2.25. The Bertz CT molecular complexity index is 559. The van der Waals surface area contributed by atoms with Gasteiger partial charge in [0.1, 0.15) is 5.75 Å². The van der Waals surface area contributed by atoms with Gasteiger partial charge in [-0.1, -0.05) is 36.4 Å². The Hall–Kier alpha value is -1.76. The van der Waals surface area contributed by atoms with E-state index in [0.717, 1.165) is 12.4 Å². The highest BCUT2D eigenvalue weighted by Crippen LogP contribution is 2.31. The molecule has 1 atom stereocenters. The van der Waals surface area contributed by atoms with Crippen molar-refractivity contribution in [2.75, 3.05) is 6.61 Å². The third kappa shape index (κ3) is 2.81. The highest BCUT2D eigenvalue weighted by molar-refractivity contribution is 5.33. The van der Waals surface area contributed by atoms with Crippen molar-refractivity contribution >= 4 is 0 Å². The molecule has 0 spiro atoms. The Morgan fingerprint density at radius 1 is 1.11 bits per heavy atom. The van der Waals surface area contributed by atoms with E-state index in [4.69, 9.17) is 4.74 Å². The summed E-state index contributed by atoms with van der Waals surface area (Å²) in [6.07, 6.45) is 3.73. The number of rotatable bonds is 3. The van der Waals surface area contributed by atoms with Crippen LogP contribution in [0.15, 0.2) is 48.5 Å². The Morgan fingerprint density at radius 2 is 2.00 bits per heavy atom. The molecule has 0 aliphatic heterocycles. The molecule has 0 fully saturated rings.